The second-order valence-corrected chi connectivity index (χ2v) is 17.3. The minimum atomic E-state index is -2.01. The molecule has 15 nitrogen and oxygen atoms in total. The third-order valence-electron chi connectivity index (χ3n) is 12.4. The number of hydrogen-bond donors (Lipinski definition) is 4. The molecule has 18 atom stereocenters. The Morgan fingerprint density at radius 1 is 0.891 bits per heavy atom. The predicted octanol–water partition coefficient (Wildman–Crippen LogP) is 2.75. The van der Waals surface area contributed by atoms with Crippen LogP contribution >= 0.6 is 0 Å². The summed E-state index contributed by atoms with van der Waals surface area (Å²) in [5, 5.41) is 46.6. The van der Waals surface area contributed by atoms with Crippen molar-refractivity contribution >= 4 is 17.7 Å². The number of Topliss-reactive ketones (excluding diaryl/α,β-unsaturated/α-hetero) is 1. The molecule has 0 aromatic carbocycles. The quantitative estimate of drug-likeness (QED) is 0.249. The van der Waals surface area contributed by atoms with Crippen molar-refractivity contribution in [3.8, 4) is 0 Å². The lowest BCUT2D eigenvalue weighted by molar-refractivity contribution is -0.319. The molecule has 9 unspecified atom stereocenters. The molecule has 0 radical (unpaired) electrons. The minimum Gasteiger partial charge on any atom is -0.459 e. The van der Waals surface area contributed by atoms with E-state index in [4.69, 9.17) is 33.2 Å². The first-order chi connectivity index (χ1) is 25.4. The maximum absolute atomic E-state index is 14.2. The molecule has 3 fully saturated rings. The summed E-state index contributed by atoms with van der Waals surface area (Å²) in [6.07, 6.45) is -9.68. The van der Waals surface area contributed by atoms with Crippen LogP contribution in [0.15, 0.2) is 0 Å². The maximum Gasteiger partial charge on any atom is 0.311 e. The second-order valence-electron chi connectivity index (χ2n) is 17.3. The summed E-state index contributed by atoms with van der Waals surface area (Å²) in [6, 6.07) is -0.319. The number of rotatable bonds is 9. The molecule has 0 bridgehead atoms. The van der Waals surface area contributed by atoms with Gasteiger partial charge in [0.25, 0.3) is 0 Å². The first-order valence-electron chi connectivity index (χ1n) is 19.9. The van der Waals surface area contributed by atoms with Gasteiger partial charge in [0.05, 0.1) is 53.7 Å². The van der Waals surface area contributed by atoms with Crippen molar-refractivity contribution < 1.29 is 68.0 Å². The van der Waals surface area contributed by atoms with Crippen LogP contribution < -0.4 is 0 Å². The van der Waals surface area contributed by atoms with E-state index in [2.05, 4.69) is 0 Å². The van der Waals surface area contributed by atoms with Gasteiger partial charge in [-0.15, -0.1) is 0 Å². The molecule has 3 aliphatic rings. The number of nitrogens with zero attached hydrogens (tertiary/aromatic N) is 1. The van der Waals surface area contributed by atoms with Crippen molar-refractivity contribution in [1.82, 2.24) is 4.90 Å². The number of ether oxygens (including phenoxy) is 7. The Kier molecular flexibility index (Phi) is 16.3. The van der Waals surface area contributed by atoms with Crippen LogP contribution in [0.3, 0.4) is 0 Å². The number of carbonyl (C=O) groups is 3. The molecule has 4 N–H and O–H groups in total. The zero-order valence-corrected chi connectivity index (χ0v) is 35.5. The van der Waals surface area contributed by atoms with Gasteiger partial charge in [-0.2, -0.15) is 0 Å². The topological polar surface area (TPSA) is 200 Å². The number of ketones is 1. The molecule has 15 heteroatoms. The van der Waals surface area contributed by atoms with Gasteiger partial charge in [0, 0.05) is 37.7 Å². The fourth-order valence-corrected chi connectivity index (χ4v) is 8.76. The first-order valence-corrected chi connectivity index (χ1v) is 19.9. The van der Waals surface area contributed by atoms with E-state index in [0.717, 1.165) is 0 Å². The fourth-order valence-electron chi connectivity index (χ4n) is 8.76. The van der Waals surface area contributed by atoms with Crippen LogP contribution in [0.25, 0.3) is 0 Å². The lowest BCUT2D eigenvalue weighted by atomic mass is 9.74. The molecule has 0 aromatic heterocycles. The second kappa shape index (κ2) is 18.9. The number of carbonyl (C=O) groups excluding carboxylic acids is 3. The highest BCUT2D eigenvalue weighted by atomic mass is 16.7. The van der Waals surface area contributed by atoms with Gasteiger partial charge < -0.3 is 58.5 Å². The molecule has 0 aromatic rings. The third-order valence-corrected chi connectivity index (χ3v) is 12.4. The summed E-state index contributed by atoms with van der Waals surface area (Å²) in [5.41, 5.74) is -4.92. The van der Waals surface area contributed by atoms with Crippen LogP contribution in [0, 0.1) is 23.7 Å². The fraction of sp³-hybridized carbons (Fsp3) is 0.925. The molecule has 3 aliphatic heterocycles. The highest BCUT2D eigenvalue weighted by molar-refractivity contribution is 5.83. The standard InChI is InChI=1S/C40H71NO14/c1-15-27-40(11,48)33(44)22(5)30(43)20(3)18-38(9,47)35(55-37-32(53-28(42)16-2)26(41(12)13)17-21(4)50-37)23(6)31(24(7)36(46)52-27)54-29-19-39(10,49-14)34(45)25(8)51-29/h20-27,29,31-35,37,44-45,47-48H,15-19H2,1-14H3/t20-,21?,22+,23?,24-,25-,26?,27?,29?,31+,32?,33-,34-,35-,37?,38+,39?,40?/m1/s1. The van der Waals surface area contributed by atoms with Crippen molar-refractivity contribution in [2.24, 2.45) is 23.7 Å². The Bertz CT molecular complexity index is 1290. The number of hydrogen-bond acceptors (Lipinski definition) is 15. The van der Waals surface area contributed by atoms with E-state index in [1.165, 1.54) is 27.9 Å². The van der Waals surface area contributed by atoms with Crippen LogP contribution in [0.1, 0.15) is 108 Å². The van der Waals surface area contributed by atoms with Crippen molar-refractivity contribution in [3.63, 3.8) is 0 Å². The molecule has 3 saturated heterocycles. The Morgan fingerprint density at radius 2 is 1.51 bits per heavy atom. The van der Waals surface area contributed by atoms with E-state index in [0.29, 0.717) is 6.42 Å². The monoisotopic (exact) mass is 789 g/mol. The molecular weight excluding hydrogens is 718 g/mol. The largest absolute Gasteiger partial charge is 0.459 e. The maximum atomic E-state index is 14.2. The van der Waals surface area contributed by atoms with Gasteiger partial charge in [-0.25, -0.2) is 0 Å². The predicted molar refractivity (Wildman–Crippen MR) is 200 cm³/mol. The number of methoxy groups -OCH3 is 1. The summed E-state index contributed by atoms with van der Waals surface area (Å²) in [6.45, 7) is 18.0. The average Bonchev–Trinajstić information content (AvgIpc) is 3.11. The number of cyclic esters (lactones) is 1. The van der Waals surface area contributed by atoms with E-state index < -0.39 is 114 Å². The van der Waals surface area contributed by atoms with E-state index in [9.17, 15) is 34.8 Å². The highest BCUT2D eigenvalue weighted by Gasteiger charge is 2.54. The minimum absolute atomic E-state index is 0.0760. The summed E-state index contributed by atoms with van der Waals surface area (Å²) >= 11 is 0. The van der Waals surface area contributed by atoms with Crippen molar-refractivity contribution in [3.05, 3.63) is 0 Å². The number of esters is 2. The molecule has 3 rings (SSSR count). The van der Waals surface area contributed by atoms with E-state index in [1.54, 1.807) is 48.5 Å². The smallest absolute Gasteiger partial charge is 0.311 e. The van der Waals surface area contributed by atoms with E-state index in [-0.39, 0.29) is 37.8 Å². The molecular formula is C40H71NO14. The van der Waals surface area contributed by atoms with Gasteiger partial charge in [-0.3, -0.25) is 14.4 Å². The lowest BCUT2D eigenvalue weighted by Crippen LogP contribution is -2.61. The van der Waals surface area contributed by atoms with E-state index in [1.807, 2.05) is 25.9 Å². The van der Waals surface area contributed by atoms with Crippen LogP contribution in [0.4, 0.5) is 0 Å². The molecule has 0 amide bonds. The molecule has 3 heterocycles. The Morgan fingerprint density at radius 3 is 2.05 bits per heavy atom. The number of likely N-dealkylation sites (N-methyl/N-ethyl adjacent to an activating group) is 1. The van der Waals surface area contributed by atoms with Crippen LogP contribution in [0.5, 0.6) is 0 Å². The molecule has 0 saturated carbocycles. The van der Waals surface area contributed by atoms with Crippen molar-refractivity contribution in [2.45, 2.75) is 193 Å². The SMILES string of the molecule is CCC(=O)OC1C(O[C@@H]2C(C)[C@H](OC3CC(C)(OC)[C@H](O)[C@@H](C)O3)[C@@H](C)C(=O)OC(CC)C(C)(O)[C@H](O)[C@@H](C)C(=O)[C@H](C)C[C@]2(C)O)OC(C)CC1N(C)C. The average molecular weight is 790 g/mol. The first kappa shape index (κ1) is 47.6. The number of aliphatic hydroxyl groups excluding tert-OH is 2. The molecule has 320 valence electrons. The van der Waals surface area contributed by atoms with Crippen LogP contribution in [-0.4, -0.2) is 149 Å². The molecule has 0 spiro atoms. The van der Waals surface area contributed by atoms with Crippen molar-refractivity contribution in [1.29, 1.82) is 0 Å². The Balaban J connectivity index is 2.24. The van der Waals surface area contributed by atoms with E-state index >= 15 is 0 Å². The Hall–Kier alpha value is -1.79. The van der Waals surface area contributed by atoms with Crippen LogP contribution in [0.2, 0.25) is 0 Å². The van der Waals surface area contributed by atoms with Gasteiger partial charge >= 0.3 is 11.9 Å². The van der Waals surface area contributed by atoms with Crippen molar-refractivity contribution in [2.75, 3.05) is 21.2 Å². The summed E-state index contributed by atoms with van der Waals surface area (Å²) in [4.78, 5) is 42.9. The van der Waals surface area contributed by atoms with Gasteiger partial charge in [0.15, 0.2) is 18.7 Å². The van der Waals surface area contributed by atoms with Gasteiger partial charge in [0.2, 0.25) is 0 Å². The zero-order valence-electron chi connectivity index (χ0n) is 35.5. The molecule has 55 heavy (non-hydrogen) atoms. The summed E-state index contributed by atoms with van der Waals surface area (Å²) < 4.78 is 43.6. The van der Waals surface area contributed by atoms with Gasteiger partial charge in [-0.1, -0.05) is 34.6 Å². The lowest BCUT2D eigenvalue weighted by Gasteiger charge is -2.49. The summed E-state index contributed by atoms with van der Waals surface area (Å²) in [5.74, 6) is -5.59. The zero-order chi connectivity index (χ0) is 42.0. The van der Waals surface area contributed by atoms with Gasteiger partial charge in [0.1, 0.15) is 23.6 Å². The Labute approximate surface area is 327 Å². The summed E-state index contributed by atoms with van der Waals surface area (Å²) in [7, 11) is 5.21. The van der Waals surface area contributed by atoms with Gasteiger partial charge in [-0.05, 0) is 74.9 Å². The number of aliphatic hydroxyl groups is 4. The third kappa shape index (κ3) is 10.6. The molecule has 0 aliphatic carbocycles. The highest BCUT2D eigenvalue weighted by Crippen LogP contribution is 2.41. The normalized spacial score (nSPS) is 46.9. The van der Waals surface area contributed by atoms with Crippen LogP contribution in [-0.2, 0) is 47.5 Å².